The van der Waals surface area contributed by atoms with E-state index in [1.165, 1.54) is 0 Å². The van der Waals surface area contributed by atoms with Gasteiger partial charge in [-0.1, -0.05) is 30.3 Å². The predicted octanol–water partition coefficient (Wildman–Crippen LogP) is 1.56. The molecular formula is C13H18N4O. The van der Waals surface area contributed by atoms with E-state index < -0.39 is 0 Å². The van der Waals surface area contributed by atoms with E-state index >= 15 is 0 Å². The number of methoxy groups -OCH3 is 1. The molecule has 0 fully saturated rings. The molecule has 5 heteroatoms. The van der Waals surface area contributed by atoms with Crippen molar-refractivity contribution in [2.24, 2.45) is 0 Å². The summed E-state index contributed by atoms with van der Waals surface area (Å²) in [4.78, 5) is 0. The number of ether oxygens (including phenoxy) is 1. The molecule has 0 amide bonds. The molecule has 0 aliphatic heterocycles. The molecule has 1 N–H and O–H groups in total. The third kappa shape index (κ3) is 2.75. The molecule has 0 bridgehead atoms. The number of hydrogen-bond donors (Lipinski definition) is 1. The third-order valence-corrected chi connectivity index (χ3v) is 2.72. The van der Waals surface area contributed by atoms with E-state index in [-0.39, 0.29) is 6.04 Å². The molecule has 18 heavy (non-hydrogen) atoms. The molecule has 0 saturated heterocycles. The van der Waals surface area contributed by atoms with Crippen molar-refractivity contribution in [1.82, 2.24) is 20.3 Å². The van der Waals surface area contributed by atoms with Crippen molar-refractivity contribution in [2.75, 3.05) is 20.3 Å². The summed E-state index contributed by atoms with van der Waals surface area (Å²) in [5.74, 6) is 0. The molecule has 0 aliphatic rings. The van der Waals surface area contributed by atoms with Crippen LogP contribution in [-0.2, 0) is 4.74 Å². The average molecular weight is 246 g/mol. The van der Waals surface area contributed by atoms with Crippen molar-refractivity contribution in [3.8, 4) is 5.69 Å². The number of rotatable bonds is 6. The molecule has 1 aromatic heterocycles. The molecular weight excluding hydrogens is 228 g/mol. The van der Waals surface area contributed by atoms with E-state index in [1.54, 1.807) is 13.3 Å². The van der Waals surface area contributed by atoms with Crippen LogP contribution >= 0.6 is 0 Å². The summed E-state index contributed by atoms with van der Waals surface area (Å²) in [6.45, 7) is 3.53. The summed E-state index contributed by atoms with van der Waals surface area (Å²) in [7, 11) is 1.70. The Bertz CT molecular complexity index is 463. The molecule has 2 aromatic rings. The number of para-hydroxylation sites is 1. The van der Waals surface area contributed by atoms with E-state index in [9.17, 15) is 0 Å². The van der Waals surface area contributed by atoms with Crippen LogP contribution in [0.5, 0.6) is 0 Å². The minimum atomic E-state index is 0.0928. The predicted molar refractivity (Wildman–Crippen MR) is 69.7 cm³/mol. The lowest BCUT2D eigenvalue weighted by molar-refractivity contribution is 0.165. The quantitative estimate of drug-likeness (QED) is 0.840. The zero-order valence-corrected chi connectivity index (χ0v) is 10.7. The Labute approximate surface area is 107 Å². The van der Waals surface area contributed by atoms with E-state index in [4.69, 9.17) is 4.74 Å². The molecule has 2 rings (SSSR count). The van der Waals surface area contributed by atoms with E-state index in [0.717, 1.165) is 17.9 Å². The largest absolute Gasteiger partial charge is 0.383 e. The highest BCUT2D eigenvalue weighted by Crippen LogP contribution is 2.16. The molecule has 0 saturated carbocycles. The highest BCUT2D eigenvalue weighted by molar-refractivity contribution is 5.32. The van der Waals surface area contributed by atoms with Crippen LogP contribution < -0.4 is 5.32 Å². The Hall–Kier alpha value is -1.72. The van der Waals surface area contributed by atoms with Gasteiger partial charge in [0.15, 0.2) is 0 Å². The van der Waals surface area contributed by atoms with Gasteiger partial charge in [0, 0.05) is 7.11 Å². The lowest BCUT2D eigenvalue weighted by Crippen LogP contribution is -2.27. The lowest BCUT2D eigenvalue weighted by atomic mass is 10.2. The molecule has 1 aromatic carbocycles. The molecule has 96 valence electrons. The summed E-state index contributed by atoms with van der Waals surface area (Å²) in [5, 5.41) is 11.5. The van der Waals surface area contributed by atoms with Gasteiger partial charge >= 0.3 is 0 Å². The van der Waals surface area contributed by atoms with E-state index in [2.05, 4.69) is 22.6 Å². The minimum Gasteiger partial charge on any atom is -0.383 e. The Morgan fingerprint density at radius 1 is 1.33 bits per heavy atom. The molecule has 5 nitrogen and oxygen atoms in total. The van der Waals surface area contributed by atoms with Gasteiger partial charge in [0.25, 0.3) is 0 Å². The first-order valence-corrected chi connectivity index (χ1v) is 6.05. The Kier molecular flexibility index (Phi) is 4.44. The molecule has 0 aliphatic carbocycles. The summed E-state index contributed by atoms with van der Waals surface area (Å²) in [5.41, 5.74) is 2.01. The van der Waals surface area contributed by atoms with E-state index in [1.807, 2.05) is 35.0 Å². The topological polar surface area (TPSA) is 52.0 Å². The van der Waals surface area contributed by atoms with Gasteiger partial charge in [0.2, 0.25) is 0 Å². The fourth-order valence-corrected chi connectivity index (χ4v) is 1.91. The van der Waals surface area contributed by atoms with Crippen LogP contribution in [0.25, 0.3) is 5.69 Å². The highest BCUT2D eigenvalue weighted by Gasteiger charge is 2.16. The van der Waals surface area contributed by atoms with Gasteiger partial charge < -0.3 is 10.1 Å². The van der Waals surface area contributed by atoms with Gasteiger partial charge in [0.05, 0.1) is 30.2 Å². The second-order valence-corrected chi connectivity index (χ2v) is 3.97. The van der Waals surface area contributed by atoms with Gasteiger partial charge in [-0.15, -0.1) is 5.10 Å². The van der Waals surface area contributed by atoms with Crippen LogP contribution in [0.15, 0.2) is 36.5 Å². The smallest absolute Gasteiger partial charge is 0.0838 e. The Balaban J connectivity index is 2.31. The zero-order valence-electron chi connectivity index (χ0n) is 10.7. The van der Waals surface area contributed by atoms with Gasteiger partial charge in [-0.3, -0.25) is 0 Å². The van der Waals surface area contributed by atoms with Gasteiger partial charge in [-0.2, -0.15) is 0 Å². The zero-order chi connectivity index (χ0) is 12.8. The van der Waals surface area contributed by atoms with Crippen LogP contribution in [0.3, 0.4) is 0 Å². The maximum Gasteiger partial charge on any atom is 0.0838 e. The van der Waals surface area contributed by atoms with Crippen LogP contribution in [0, 0.1) is 0 Å². The van der Waals surface area contributed by atoms with Crippen molar-refractivity contribution in [2.45, 2.75) is 13.0 Å². The molecule has 0 radical (unpaired) electrons. The Morgan fingerprint density at radius 3 is 2.78 bits per heavy atom. The van der Waals surface area contributed by atoms with Crippen LogP contribution in [0.1, 0.15) is 18.7 Å². The molecule has 1 unspecified atom stereocenters. The monoisotopic (exact) mass is 246 g/mol. The second-order valence-electron chi connectivity index (χ2n) is 3.97. The maximum atomic E-state index is 5.24. The van der Waals surface area contributed by atoms with Crippen LogP contribution in [0.2, 0.25) is 0 Å². The standard InChI is InChI=1S/C13H18N4O/c1-3-14-12(10-18-2)13-9-15-16-17(13)11-7-5-4-6-8-11/h4-9,12,14H,3,10H2,1-2H3. The minimum absolute atomic E-state index is 0.0928. The van der Waals surface area contributed by atoms with Gasteiger partial charge in [-0.05, 0) is 18.7 Å². The lowest BCUT2D eigenvalue weighted by Gasteiger charge is -2.17. The maximum absolute atomic E-state index is 5.24. The van der Waals surface area contributed by atoms with Crippen molar-refractivity contribution in [1.29, 1.82) is 0 Å². The fraction of sp³-hybridized carbons (Fsp3) is 0.385. The number of nitrogens with one attached hydrogen (secondary N) is 1. The summed E-state index contributed by atoms with van der Waals surface area (Å²) in [6, 6.07) is 10.1. The summed E-state index contributed by atoms with van der Waals surface area (Å²) in [6.07, 6.45) is 1.78. The first-order valence-electron chi connectivity index (χ1n) is 6.05. The fourth-order valence-electron chi connectivity index (χ4n) is 1.91. The average Bonchev–Trinajstić information content (AvgIpc) is 2.88. The molecule has 0 spiro atoms. The van der Waals surface area contributed by atoms with Crippen molar-refractivity contribution in [3.63, 3.8) is 0 Å². The first kappa shape index (κ1) is 12.7. The van der Waals surface area contributed by atoms with Crippen molar-refractivity contribution in [3.05, 3.63) is 42.2 Å². The van der Waals surface area contributed by atoms with Crippen LogP contribution in [0.4, 0.5) is 0 Å². The number of hydrogen-bond acceptors (Lipinski definition) is 4. The third-order valence-electron chi connectivity index (χ3n) is 2.72. The number of likely N-dealkylation sites (N-methyl/N-ethyl adjacent to an activating group) is 1. The molecule has 1 atom stereocenters. The number of aromatic nitrogens is 3. The number of nitrogens with zero attached hydrogens (tertiary/aromatic N) is 3. The van der Waals surface area contributed by atoms with Crippen LogP contribution in [-0.4, -0.2) is 35.3 Å². The molecule has 1 heterocycles. The normalized spacial score (nSPS) is 12.6. The summed E-state index contributed by atoms with van der Waals surface area (Å²) >= 11 is 0. The van der Waals surface area contributed by atoms with Crippen molar-refractivity contribution >= 4 is 0 Å². The van der Waals surface area contributed by atoms with Gasteiger partial charge in [-0.25, -0.2) is 4.68 Å². The summed E-state index contributed by atoms with van der Waals surface area (Å²) < 4.78 is 7.08. The Morgan fingerprint density at radius 2 is 2.11 bits per heavy atom. The number of benzene rings is 1. The second kappa shape index (κ2) is 6.28. The highest BCUT2D eigenvalue weighted by atomic mass is 16.5. The van der Waals surface area contributed by atoms with Crippen molar-refractivity contribution < 1.29 is 4.74 Å². The van der Waals surface area contributed by atoms with E-state index in [0.29, 0.717) is 6.61 Å². The first-order chi connectivity index (χ1) is 8.86. The van der Waals surface area contributed by atoms with Gasteiger partial charge in [0.1, 0.15) is 0 Å². The SMILES string of the molecule is CCNC(COC)c1cnnn1-c1ccccc1.